The van der Waals surface area contributed by atoms with Gasteiger partial charge in [-0.3, -0.25) is 0 Å². The number of anilines is 1. The summed E-state index contributed by atoms with van der Waals surface area (Å²) in [5, 5.41) is 11.6. The summed E-state index contributed by atoms with van der Waals surface area (Å²) >= 11 is 2.91. The third-order valence-corrected chi connectivity index (χ3v) is 2.71. The normalized spacial score (nSPS) is 10.2. The third kappa shape index (κ3) is 2.93. The molecule has 0 aliphatic rings. The highest BCUT2D eigenvalue weighted by Crippen LogP contribution is 2.26. The van der Waals surface area contributed by atoms with Crippen molar-refractivity contribution in [3.63, 3.8) is 0 Å². The van der Waals surface area contributed by atoms with Gasteiger partial charge in [0, 0.05) is 13.7 Å². The van der Waals surface area contributed by atoms with Gasteiger partial charge in [0.25, 0.3) is 0 Å². The van der Waals surface area contributed by atoms with Crippen LogP contribution < -0.4 is 5.32 Å². The second-order valence-corrected chi connectivity index (χ2v) is 3.81. The minimum atomic E-state index is -1.17. The van der Waals surface area contributed by atoms with Crippen molar-refractivity contribution in [2.45, 2.75) is 0 Å². The SMILES string of the molecule is COCCNc1ccc(C(=O)O)c(Br)c1F. The van der Waals surface area contributed by atoms with Crippen molar-refractivity contribution >= 4 is 27.6 Å². The number of aromatic carboxylic acids is 1. The molecule has 0 saturated carbocycles. The molecule has 0 radical (unpaired) electrons. The molecule has 16 heavy (non-hydrogen) atoms. The number of rotatable bonds is 5. The van der Waals surface area contributed by atoms with Crippen LogP contribution in [0.4, 0.5) is 10.1 Å². The van der Waals surface area contributed by atoms with E-state index in [-0.39, 0.29) is 15.7 Å². The van der Waals surface area contributed by atoms with Gasteiger partial charge in [-0.05, 0) is 28.1 Å². The zero-order valence-corrected chi connectivity index (χ0v) is 10.2. The Morgan fingerprint density at radius 2 is 2.31 bits per heavy atom. The molecule has 1 aromatic carbocycles. The highest BCUT2D eigenvalue weighted by Gasteiger charge is 2.15. The second kappa shape index (κ2) is 5.81. The molecular weight excluding hydrogens is 281 g/mol. The number of hydrogen-bond acceptors (Lipinski definition) is 3. The van der Waals surface area contributed by atoms with Gasteiger partial charge in [-0.25, -0.2) is 9.18 Å². The minimum Gasteiger partial charge on any atom is -0.478 e. The lowest BCUT2D eigenvalue weighted by atomic mass is 10.2. The smallest absolute Gasteiger partial charge is 0.336 e. The fourth-order valence-corrected chi connectivity index (χ4v) is 1.65. The van der Waals surface area contributed by atoms with Gasteiger partial charge in [-0.15, -0.1) is 0 Å². The number of halogens is 2. The molecule has 0 aliphatic carbocycles. The number of carboxylic acids is 1. The van der Waals surface area contributed by atoms with Crippen LogP contribution in [0.1, 0.15) is 10.4 Å². The van der Waals surface area contributed by atoms with Crippen molar-refractivity contribution in [1.82, 2.24) is 0 Å². The Labute approximate surface area is 101 Å². The van der Waals surface area contributed by atoms with E-state index in [0.717, 1.165) is 0 Å². The number of methoxy groups -OCH3 is 1. The Morgan fingerprint density at radius 1 is 1.62 bits per heavy atom. The lowest BCUT2D eigenvalue weighted by Gasteiger charge is -2.09. The monoisotopic (exact) mass is 291 g/mol. The quantitative estimate of drug-likeness (QED) is 0.818. The van der Waals surface area contributed by atoms with Crippen molar-refractivity contribution < 1.29 is 19.0 Å². The summed E-state index contributed by atoms with van der Waals surface area (Å²) in [4.78, 5) is 10.7. The van der Waals surface area contributed by atoms with Crippen molar-refractivity contribution in [2.75, 3.05) is 25.6 Å². The van der Waals surface area contributed by atoms with E-state index in [0.29, 0.717) is 13.2 Å². The van der Waals surface area contributed by atoms with Gasteiger partial charge in [-0.1, -0.05) is 0 Å². The van der Waals surface area contributed by atoms with E-state index < -0.39 is 11.8 Å². The Balaban J connectivity index is 2.89. The fraction of sp³-hybridized carbons (Fsp3) is 0.300. The molecule has 0 bridgehead atoms. The van der Waals surface area contributed by atoms with Gasteiger partial charge >= 0.3 is 5.97 Å². The summed E-state index contributed by atoms with van der Waals surface area (Å²) in [6, 6.07) is 2.73. The van der Waals surface area contributed by atoms with E-state index in [1.165, 1.54) is 12.1 Å². The Morgan fingerprint density at radius 3 is 2.88 bits per heavy atom. The maximum atomic E-state index is 13.6. The first kappa shape index (κ1) is 12.9. The predicted octanol–water partition coefficient (Wildman–Crippen LogP) is 2.34. The van der Waals surface area contributed by atoms with Crippen LogP contribution in [0.25, 0.3) is 0 Å². The summed E-state index contributed by atoms with van der Waals surface area (Å²) in [7, 11) is 1.54. The molecule has 0 aromatic heterocycles. The molecule has 0 aliphatic heterocycles. The first-order valence-corrected chi connectivity index (χ1v) is 5.31. The van der Waals surface area contributed by atoms with Crippen LogP contribution in [0.5, 0.6) is 0 Å². The molecule has 6 heteroatoms. The van der Waals surface area contributed by atoms with Gasteiger partial charge in [0.1, 0.15) is 0 Å². The summed E-state index contributed by atoms with van der Waals surface area (Å²) in [6.45, 7) is 0.893. The van der Waals surface area contributed by atoms with Crippen LogP contribution in [-0.4, -0.2) is 31.3 Å². The maximum Gasteiger partial charge on any atom is 0.336 e. The van der Waals surface area contributed by atoms with Crippen molar-refractivity contribution in [2.24, 2.45) is 0 Å². The summed E-state index contributed by atoms with van der Waals surface area (Å²) in [5.41, 5.74) is 0.142. The second-order valence-electron chi connectivity index (χ2n) is 3.01. The molecule has 0 heterocycles. The van der Waals surface area contributed by atoms with E-state index >= 15 is 0 Å². The Bertz CT molecular complexity index is 398. The van der Waals surface area contributed by atoms with Crippen LogP contribution in [0.15, 0.2) is 16.6 Å². The molecule has 0 amide bonds. The van der Waals surface area contributed by atoms with Crippen LogP contribution in [0.2, 0.25) is 0 Å². The van der Waals surface area contributed by atoms with Gasteiger partial charge < -0.3 is 15.2 Å². The lowest BCUT2D eigenvalue weighted by Crippen LogP contribution is -2.10. The minimum absolute atomic E-state index is 0.0533. The molecule has 0 unspecified atom stereocenters. The van der Waals surface area contributed by atoms with Gasteiger partial charge in [0.2, 0.25) is 0 Å². The molecule has 1 aromatic rings. The standard InChI is InChI=1S/C10H11BrFNO3/c1-16-5-4-13-7-3-2-6(10(14)15)8(11)9(7)12/h2-3,13H,4-5H2,1H3,(H,14,15). The van der Waals surface area contributed by atoms with Crippen molar-refractivity contribution in [1.29, 1.82) is 0 Å². The van der Waals surface area contributed by atoms with Crippen LogP contribution in [-0.2, 0) is 4.74 Å². The number of carbonyl (C=O) groups is 1. The highest BCUT2D eigenvalue weighted by atomic mass is 79.9. The number of nitrogens with one attached hydrogen (secondary N) is 1. The maximum absolute atomic E-state index is 13.6. The summed E-state index contributed by atoms with van der Waals surface area (Å²) < 4.78 is 18.4. The molecule has 0 spiro atoms. The topological polar surface area (TPSA) is 58.6 Å². The zero-order valence-electron chi connectivity index (χ0n) is 8.59. The zero-order chi connectivity index (χ0) is 12.1. The lowest BCUT2D eigenvalue weighted by molar-refractivity contribution is 0.0695. The predicted molar refractivity (Wildman–Crippen MR) is 61.4 cm³/mol. The molecule has 88 valence electrons. The van der Waals surface area contributed by atoms with Gasteiger partial charge in [0.15, 0.2) is 5.82 Å². The van der Waals surface area contributed by atoms with E-state index in [4.69, 9.17) is 9.84 Å². The number of benzene rings is 1. The number of ether oxygens (including phenoxy) is 1. The fourth-order valence-electron chi connectivity index (χ4n) is 1.14. The molecule has 1 rings (SSSR count). The average Bonchev–Trinajstić information content (AvgIpc) is 2.24. The first-order valence-electron chi connectivity index (χ1n) is 4.52. The van der Waals surface area contributed by atoms with E-state index in [1.54, 1.807) is 7.11 Å². The third-order valence-electron chi connectivity index (χ3n) is 1.93. The Kier molecular flexibility index (Phi) is 4.70. The first-order chi connectivity index (χ1) is 7.57. The van der Waals surface area contributed by atoms with Gasteiger partial charge in [0.05, 0.1) is 22.3 Å². The summed E-state index contributed by atoms with van der Waals surface area (Å²) in [5.74, 6) is -1.79. The Hall–Kier alpha value is -1.14. The molecule has 0 saturated heterocycles. The van der Waals surface area contributed by atoms with Gasteiger partial charge in [-0.2, -0.15) is 0 Å². The molecular formula is C10H11BrFNO3. The number of hydrogen-bond donors (Lipinski definition) is 2. The largest absolute Gasteiger partial charge is 0.478 e. The van der Waals surface area contributed by atoms with Crippen molar-refractivity contribution in [3.05, 3.63) is 28.0 Å². The molecule has 2 N–H and O–H groups in total. The van der Waals surface area contributed by atoms with E-state index in [2.05, 4.69) is 21.2 Å². The molecule has 0 atom stereocenters. The van der Waals surface area contributed by atoms with Crippen LogP contribution >= 0.6 is 15.9 Å². The van der Waals surface area contributed by atoms with Crippen molar-refractivity contribution in [3.8, 4) is 0 Å². The van der Waals surface area contributed by atoms with Crippen LogP contribution in [0, 0.1) is 5.82 Å². The number of carboxylic acid groups (broad SMARTS) is 1. The molecule has 0 fully saturated rings. The highest BCUT2D eigenvalue weighted by molar-refractivity contribution is 9.10. The van der Waals surface area contributed by atoms with E-state index in [9.17, 15) is 9.18 Å². The molecule has 4 nitrogen and oxygen atoms in total. The average molecular weight is 292 g/mol. The van der Waals surface area contributed by atoms with Crippen LogP contribution in [0.3, 0.4) is 0 Å². The summed E-state index contributed by atoms with van der Waals surface area (Å²) in [6.07, 6.45) is 0. The van der Waals surface area contributed by atoms with E-state index in [1.807, 2.05) is 0 Å².